The van der Waals surface area contributed by atoms with Gasteiger partial charge in [-0.15, -0.1) is 0 Å². The summed E-state index contributed by atoms with van der Waals surface area (Å²) in [6.45, 7) is 0. The van der Waals surface area contributed by atoms with Gasteiger partial charge in [0, 0.05) is 6.07 Å². The van der Waals surface area contributed by atoms with Crippen molar-refractivity contribution >= 4 is 25.9 Å². The Morgan fingerprint density at radius 3 is 2.40 bits per heavy atom. The van der Waals surface area contributed by atoms with Gasteiger partial charge >= 0.3 is 10.4 Å². The number of hydrogen-bond acceptors (Lipinski definition) is 8. The van der Waals surface area contributed by atoms with Crippen molar-refractivity contribution in [1.29, 1.82) is 0 Å². The predicted octanol–water partition coefficient (Wildman–Crippen LogP) is -0.811. The van der Waals surface area contributed by atoms with E-state index in [-0.39, 0.29) is 16.3 Å². The van der Waals surface area contributed by atoms with E-state index in [9.17, 15) is 16.8 Å². The minimum absolute atomic E-state index is 0.108. The number of nitrogens with two attached hydrogens (primary N) is 1. The van der Waals surface area contributed by atoms with Gasteiger partial charge < -0.3 is 15.6 Å². The van der Waals surface area contributed by atoms with E-state index in [0.717, 1.165) is 12.1 Å². The molecule has 114 valence electrons. The van der Waals surface area contributed by atoms with Crippen LogP contribution < -0.4 is 10.5 Å². The molecule has 20 heavy (non-hydrogen) atoms. The van der Waals surface area contributed by atoms with Gasteiger partial charge in [0.25, 0.3) is 0 Å². The first-order chi connectivity index (χ1) is 9.05. The molecule has 1 rings (SSSR count). The Bertz CT molecular complexity index is 682. The minimum atomic E-state index is -4.96. The van der Waals surface area contributed by atoms with Crippen LogP contribution in [0, 0.1) is 0 Å². The van der Waals surface area contributed by atoms with E-state index in [2.05, 4.69) is 4.18 Å². The fourth-order valence-electron chi connectivity index (χ4n) is 1.34. The standard InChI is InChI=1S/C9H13NO8S2/c1-17-8-4-6(2-3-7(8)10)19(12,13)5-9(11)18-20(14,15)16/h2-4,9,11H,5,10H2,1H3,(H,14,15,16). The van der Waals surface area contributed by atoms with Crippen LogP contribution in [0.4, 0.5) is 5.69 Å². The summed E-state index contributed by atoms with van der Waals surface area (Å²) >= 11 is 0. The molecule has 0 fully saturated rings. The SMILES string of the molecule is COc1cc(S(=O)(=O)CC(O)OS(=O)(=O)O)ccc1N. The van der Waals surface area contributed by atoms with Gasteiger partial charge in [0.05, 0.1) is 17.7 Å². The molecule has 0 aliphatic carbocycles. The maximum absolute atomic E-state index is 11.9. The molecule has 9 nitrogen and oxygen atoms in total. The third kappa shape index (κ3) is 4.61. The van der Waals surface area contributed by atoms with Crippen molar-refractivity contribution in [1.82, 2.24) is 0 Å². The summed E-state index contributed by atoms with van der Waals surface area (Å²) in [4.78, 5) is -0.249. The molecule has 0 heterocycles. The lowest BCUT2D eigenvalue weighted by Crippen LogP contribution is -2.26. The number of nitrogen functional groups attached to an aromatic ring is 1. The fourth-order valence-corrected chi connectivity index (χ4v) is 2.97. The number of hydrogen-bond donors (Lipinski definition) is 3. The van der Waals surface area contributed by atoms with Crippen LogP contribution in [-0.2, 0) is 24.4 Å². The monoisotopic (exact) mass is 327 g/mol. The molecule has 0 spiro atoms. The highest BCUT2D eigenvalue weighted by atomic mass is 32.3. The van der Waals surface area contributed by atoms with Crippen molar-refractivity contribution in [3.63, 3.8) is 0 Å². The molecule has 0 radical (unpaired) electrons. The molecular weight excluding hydrogens is 314 g/mol. The second-order valence-corrected chi connectivity index (χ2v) is 6.75. The van der Waals surface area contributed by atoms with Gasteiger partial charge in [-0.2, -0.15) is 8.42 Å². The number of rotatable bonds is 6. The lowest BCUT2D eigenvalue weighted by molar-refractivity contribution is -0.000203. The first kappa shape index (κ1) is 16.7. The zero-order valence-electron chi connectivity index (χ0n) is 10.3. The zero-order chi connectivity index (χ0) is 15.6. The molecule has 0 aliphatic heterocycles. The molecule has 1 atom stereocenters. The summed E-state index contributed by atoms with van der Waals surface area (Å²) in [6, 6.07) is 3.56. The van der Waals surface area contributed by atoms with Crippen molar-refractivity contribution in [2.24, 2.45) is 0 Å². The molecule has 1 unspecified atom stereocenters. The van der Waals surface area contributed by atoms with E-state index < -0.39 is 32.3 Å². The number of aliphatic hydroxyl groups is 1. The van der Waals surface area contributed by atoms with Crippen LogP contribution in [0.1, 0.15) is 0 Å². The Morgan fingerprint density at radius 1 is 1.30 bits per heavy atom. The van der Waals surface area contributed by atoms with E-state index >= 15 is 0 Å². The van der Waals surface area contributed by atoms with Gasteiger partial charge in [0.2, 0.25) is 0 Å². The molecule has 0 saturated carbocycles. The average Bonchev–Trinajstić information content (AvgIpc) is 2.25. The van der Waals surface area contributed by atoms with Gasteiger partial charge in [-0.3, -0.25) is 4.55 Å². The van der Waals surface area contributed by atoms with Crippen molar-refractivity contribution in [2.75, 3.05) is 18.6 Å². The molecule has 4 N–H and O–H groups in total. The van der Waals surface area contributed by atoms with Gasteiger partial charge in [-0.05, 0) is 12.1 Å². The molecule has 1 aromatic carbocycles. The third-order valence-electron chi connectivity index (χ3n) is 2.16. The Morgan fingerprint density at radius 2 is 1.90 bits per heavy atom. The van der Waals surface area contributed by atoms with E-state index in [1.165, 1.54) is 13.2 Å². The van der Waals surface area contributed by atoms with E-state index in [1.807, 2.05) is 0 Å². The van der Waals surface area contributed by atoms with Crippen molar-refractivity contribution in [3.8, 4) is 5.75 Å². The number of aliphatic hydroxyl groups excluding tert-OH is 1. The van der Waals surface area contributed by atoms with Crippen molar-refractivity contribution < 1.29 is 35.4 Å². The maximum Gasteiger partial charge on any atom is 0.399 e. The highest BCUT2D eigenvalue weighted by Crippen LogP contribution is 2.25. The van der Waals surface area contributed by atoms with Crippen molar-refractivity contribution in [3.05, 3.63) is 18.2 Å². The Balaban J connectivity index is 3.00. The lowest BCUT2D eigenvalue weighted by atomic mass is 10.3. The number of sulfone groups is 1. The van der Waals surface area contributed by atoms with E-state index in [0.29, 0.717) is 0 Å². The lowest BCUT2D eigenvalue weighted by Gasteiger charge is -2.11. The summed E-state index contributed by atoms with van der Waals surface area (Å²) in [5, 5.41) is 9.17. The minimum Gasteiger partial charge on any atom is -0.495 e. The van der Waals surface area contributed by atoms with Crippen LogP contribution in [0.25, 0.3) is 0 Å². The highest BCUT2D eigenvalue weighted by Gasteiger charge is 2.24. The van der Waals surface area contributed by atoms with Gasteiger partial charge in [0.15, 0.2) is 16.1 Å². The Labute approximate surface area is 115 Å². The summed E-state index contributed by atoms with van der Waals surface area (Å²) in [5.74, 6) is -0.962. The van der Waals surface area contributed by atoms with Crippen LogP contribution >= 0.6 is 0 Å². The van der Waals surface area contributed by atoms with Crippen LogP contribution in [0.3, 0.4) is 0 Å². The first-order valence-electron chi connectivity index (χ1n) is 5.05. The number of anilines is 1. The molecule has 0 aliphatic rings. The second kappa shape index (κ2) is 5.93. The van der Waals surface area contributed by atoms with E-state index in [4.69, 9.17) is 20.1 Å². The highest BCUT2D eigenvalue weighted by molar-refractivity contribution is 7.91. The van der Waals surface area contributed by atoms with Crippen LogP contribution in [0.15, 0.2) is 23.1 Å². The van der Waals surface area contributed by atoms with Crippen LogP contribution in [-0.4, -0.2) is 45.6 Å². The molecule has 0 amide bonds. The normalized spacial score (nSPS) is 13.9. The number of methoxy groups -OCH3 is 1. The van der Waals surface area contributed by atoms with Gasteiger partial charge in [-0.1, -0.05) is 0 Å². The number of benzene rings is 1. The summed E-state index contributed by atoms with van der Waals surface area (Å²) in [5.41, 5.74) is 5.73. The van der Waals surface area contributed by atoms with Crippen molar-refractivity contribution in [2.45, 2.75) is 11.2 Å². The Hall–Kier alpha value is -1.40. The smallest absolute Gasteiger partial charge is 0.399 e. The fraction of sp³-hybridized carbons (Fsp3) is 0.333. The maximum atomic E-state index is 11.9. The summed E-state index contributed by atoms with van der Waals surface area (Å²) < 4.78 is 61.4. The molecule has 0 saturated heterocycles. The molecule has 1 aromatic rings. The van der Waals surface area contributed by atoms with Gasteiger partial charge in [-0.25, -0.2) is 12.6 Å². The average molecular weight is 327 g/mol. The number of ether oxygens (including phenoxy) is 1. The largest absolute Gasteiger partial charge is 0.495 e. The summed E-state index contributed by atoms with van der Waals surface area (Å²) in [6.07, 6.45) is -2.24. The molecular formula is C9H13NO8S2. The topological polar surface area (TPSA) is 153 Å². The second-order valence-electron chi connectivity index (χ2n) is 3.66. The summed E-state index contributed by atoms with van der Waals surface area (Å²) in [7, 11) is -7.73. The van der Waals surface area contributed by atoms with E-state index in [1.54, 1.807) is 0 Å². The first-order valence-corrected chi connectivity index (χ1v) is 8.07. The molecule has 11 heteroatoms. The third-order valence-corrected chi connectivity index (χ3v) is 4.32. The van der Waals surface area contributed by atoms with Crippen LogP contribution in [0.5, 0.6) is 5.75 Å². The molecule has 0 bridgehead atoms. The zero-order valence-corrected chi connectivity index (χ0v) is 11.9. The quantitative estimate of drug-likeness (QED) is 0.346. The predicted molar refractivity (Wildman–Crippen MR) is 68.1 cm³/mol. The van der Waals surface area contributed by atoms with Gasteiger partial charge in [0.1, 0.15) is 11.5 Å². The molecule has 0 aromatic heterocycles. The Kier molecular flexibility index (Phi) is 4.94. The van der Waals surface area contributed by atoms with Crippen LogP contribution in [0.2, 0.25) is 0 Å².